The average molecular weight is 499 g/mol. The SMILES string of the molecule is Cc1cccc(NC(=O)CN2CCN(C(=O)[C@@H](Cc3ccccc3)NC(=O)c3ccccc3)CC2)c1C. The molecule has 7 nitrogen and oxygen atoms in total. The predicted octanol–water partition coefficient (Wildman–Crippen LogP) is 3.43. The molecule has 1 aliphatic rings. The molecule has 3 amide bonds. The van der Waals surface area contributed by atoms with E-state index < -0.39 is 6.04 Å². The molecule has 0 aliphatic carbocycles. The summed E-state index contributed by atoms with van der Waals surface area (Å²) in [6, 6.07) is 23.8. The van der Waals surface area contributed by atoms with Crippen LogP contribution in [0.5, 0.6) is 0 Å². The van der Waals surface area contributed by atoms with Crippen molar-refractivity contribution in [3.8, 4) is 0 Å². The maximum atomic E-state index is 13.5. The largest absolute Gasteiger partial charge is 0.340 e. The van der Waals surface area contributed by atoms with Crippen LogP contribution in [-0.2, 0) is 16.0 Å². The van der Waals surface area contributed by atoms with Crippen LogP contribution in [0.1, 0.15) is 27.0 Å². The minimum Gasteiger partial charge on any atom is -0.340 e. The van der Waals surface area contributed by atoms with Crippen LogP contribution in [0.4, 0.5) is 5.69 Å². The Hall–Kier alpha value is -3.97. The summed E-state index contributed by atoms with van der Waals surface area (Å²) in [7, 11) is 0. The van der Waals surface area contributed by atoms with Gasteiger partial charge in [-0.15, -0.1) is 0 Å². The number of anilines is 1. The minimum atomic E-state index is -0.672. The predicted molar refractivity (Wildman–Crippen MR) is 145 cm³/mol. The summed E-state index contributed by atoms with van der Waals surface area (Å²) in [6.07, 6.45) is 0.413. The molecule has 0 bridgehead atoms. The highest BCUT2D eigenvalue weighted by atomic mass is 16.2. The van der Waals surface area contributed by atoms with Gasteiger partial charge in [0, 0.05) is 43.9 Å². The van der Waals surface area contributed by atoms with Crippen molar-refractivity contribution in [2.45, 2.75) is 26.3 Å². The van der Waals surface area contributed by atoms with Gasteiger partial charge in [0.25, 0.3) is 5.91 Å². The Morgan fingerprint density at radius 1 is 0.811 bits per heavy atom. The molecule has 1 saturated heterocycles. The van der Waals surface area contributed by atoms with Crippen molar-refractivity contribution in [2.24, 2.45) is 0 Å². The molecule has 2 N–H and O–H groups in total. The van der Waals surface area contributed by atoms with Crippen LogP contribution in [0.2, 0.25) is 0 Å². The standard InChI is InChI=1S/C30H34N4O3/c1-22-10-9-15-26(23(22)2)31-28(35)21-33-16-18-34(19-17-33)30(37)27(20-24-11-5-3-6-12-24)32-29(36)25-13-7-4-8-14-25/h3-15,27H,16-21H2,1-2H3,(H,31,35)(H,32,36)/t27-/m1/s1. The number of benzene rings is 3. The maximum absolute atomic E-state index is 13.5. The van der Waals surface area contributed by atoms with E-state index in [0.29, 0.717) is 38.2 Å². The first-order valence-corrected chi connectivity index (χ1v) is 12.7. The van der Waals surface area contributed by atoms with Crippen LogP contribution in [0.25, 0.3) is 0 Å². The van der Waals surface area contributed by atoms with Crippen molar-refractivity contribution in [3.05, 3.63) is 101 Å². The zero-order valence-corrected chi connectivity index (χ0v) is 21.4. The molecular weight excluding hydrogens is 464 g/mol. The van der Waals surface area contributed by atoms with Gasteiger partial charge in [-0.3, -0.25) is 19.3 Å². The van der Waals surface area contributed by atoms with Crippen LogP contribution >= 0.6 is 0 Å². The first-order valence-electron chi connectivity index (χ1n) is 12.7. The van der Waals surface area contributed by atoms with E-state index in [1.54, 1.807) is 29.2 Å². The van der Waals surface area contributed by atoms with Gasteiger partial charge in [-0.1, -0.05) is 60.7 Å². The molecule has 0 radical (unpaired) electrons. The smallest absolute Gasteiger partial charge is 0.251 e. The second kappa shape index (κ2) is 12.3. The van der Waals surface area contributed by atoms with Gasteiger partial charge in [-0.2, -0.15) is 0 Å². The molecule has 4 rings (SSSR count). The van der Waals surface area contributed by atoms with Crippen LogP contribution in [0.15, 0.2) is 78.9 Å². The fraction of sp³-hybridized carbons (Fsp3) is 0.300. The normalized spacial score (nSPS) is 14.6. The lowest BCUT2D eigenvalue weighted by Gasteiger charge is -2.36. The third kappa shape index (κ3) is 7.05. The van der Waals surface area contributed by atoms with Gasteiger partial charge in [-0.25, -0.2) is 0 Å². The molecule has 37 heavy (non-hydrogen) atoms. The number of nitrogens with zero attached hydrogens (tertiary/aromatic N) is 2. The second-order valence-electron chi connectivity index (χ2n) is 9.48. The van der Waals surface area contributed by atoms with E-state index in [0.717, 1.165) is 22.4 Å². The lowest BCUT2D eigenvalue weighted by Crippen LogP contribution is -2.56. The number of rotatable bonds is 8. The summed E-state index contributed by atoms with van der Waals surface area (Å²) in [6.45, 7) is 6.48. The molecule has 0 saturated carbocycles. The Bertz CT molecular complexity index is 1220. The van der Waals surface area contributed by atoms with Gasteiger partial charge in [-0.05, 0) is 48.7 Å². The molecular formula is C30H34N4O3. The highest BCUT2D eigenvalue weighted by molar-refractivity contribution is 5.97. The number of aryl methyl sites for hydroxylation is 1. The molecule has 7 heteroatoms. The number of piperazine rings is 1. The molecule has 0 unspecified atom stereocenters. The molecule has 1 atom stereocenters. The van der Waals surface area contributed by atoms with Gasteiger partial charge in [0.05, 0.1) is 6.54 Å². The Morgan fingerprint density at radius 3 is 2.14 bits per heavy atom. The van der Waals surface area contributed by atoms with Crippen LogP contribution < -0.4 is 10.6 Å². The van der Waals surface area contributed by atoms with Crippen molar-refractivity contribution < 1.29 is 14.4 Å². The van der Waals surface area contributed by atoms with Crippen molar-refractivity contribution in [1.29, 1.82) is 0 Å². The Kier molecular flexibility index (Phi) is 8.69. The monoisotopic (exact) mass is 498 g/mol. The molecule has 1 heterocycles. The fourth-order valence-corrected chi connectivity index (χ4v) is 4.51. The average Bonchev–Trinajstić information content (AvgIpc) is 2.92. The number of hydrogen-bond donors (Lipinski definition) is 2. The summed E-state index contributed by atoms with van der Waals surface area (Å²) >= 11 is 0. The first kappa shape index (κ1) is 26.1. The molecule has 3 aromatic carbocycles. The molecule has 0 spiro atoms. The van der Waals surface area contributed by atoms with Crippen LogP contribution in [0.3, 0.4) is 0 Å². The van der Waals surface area contributed by atoms with Crippen molar-refractivity contribution in [2.75, 3.05) is 38.0 Å². The third-order valence-corrected chi connectivity index (χ3v) is 6.85. The quantitative estimate of drug-likeness (QED) is 0.499. The number of nitrogens with one attached hydrogen (secondary N) is 2. The zero-order valence-electron chi connectivity index (χ0n) is 21.4. The van der Waals surface area contributed by atoms with E-state index >= 15 is 0 Å². The van der Waals surface area contributed by atoms with E-state index in [9.17, 15) is 14.4 Å². The molecule has 1 fully saturated rings. The molecule has 3 aromatic rings. The Morgan fingerprint density at radius 2 is 1.46 bits per heavy atom. The summed E-state index contributed by atoms with van der Waals surface area (Å²) in [4.78, 5) is 42.9. The second-order valence-corrected chi connectivity index (χ2v) is 9.48. The van der Waals surface area contributed by atoms with Gasteiger partial charge < -0.3 is 15.5 Å². The number of carbonyl (C=O) groups excluding carboxylic acids is 3. The summed E-state index contributed by atoms with van der Waals surface area (Å²) in [5, 5.41) is 5.96. The molecule has 192 valence electrons. The lowest BCUT2D eigenvalue weighted by atomic mass is 10.0. The van der Waals surface area contributed by atoms with E-state index in [1.165, 1.54) is 0 Å². The minimum absolute atomic E-state index is 0.0643. The first-order chi connectivity index (χ1) is 17.9. The Labute approximate surface area is 218 Å². The number of hydrogen-bond acceptors (Lipinski definition) is 4. The number of amides is 3. The maximum Gasteiger partial charge on any atom is 0.251 e. The van der Waals surface area contributed by atoms with Gasteiger partial charge in [0.1, 0.15) is 6.04 Å². The van der Waals surface area contributed by atoms with E-state index in [1.807, 2.05) is 68.4 Å². The summed E-state index contributed by atoms with van der Waals surface area (Å²) in [5.41, 5.74) is 4.53. The van der Waals surface area contributed by atoms with Crippen LogP contribution in [0, 0.1) is 13.8 Å². The Balaban J connectivity index is 1.35. The highest BCUT2D eigenvalue weighted by Crippen LogP contribution is 2.18. The summed E-state index contributed by atoms with van der Waals surface area (Å²) < 4.78 is 0. The van der Waals surface area contributed by atoms with E-state index in [2.05, 4.69) is 15.5 Å². The van der Waals surface area contributed by atoms with E-state index in [4.69, 9.17) is 0 Å². The molecule has 0 aromatic heterocycles. The fourth-order valence-electron chi connectivity index (χ4n) is 4.51. The third-order valence-electron chi connectivity index (χ3n) is 6.85. The van der Waals surface area contributed by atoms with Gasteiger partial charge in [0.2, 0.25) is 11.8 Å². The summed E-state index contributed by atoms with van der Waals surface area (Å²) in [5.74, 6) is -0.435. The lowest BCUT2D eigenvalue weighted by molar-refractivity contribution is -0.135. The van der Waals surface area contributed by atoms with Gasteiger partial charge in [0.15, 0.2) is 0 Å². The van der Waals surface area contributed by atoms with Crippen LogP contribution in [-0.4, -0.2) is 66.3 Å². The topological polar surface area (TPSA) is 81.8 Å². The van der Waals surface area contributed by atoms with Crippen molar-refractivity contribution in [1.82, 2.24) is 15.1 Å². The van der Waals surface area contributed by atoms with Gasteiger partial charge >= 0.3 is 0 Å². The highest BCUT2D eigenvalue weighted by Gasteiger charge is 2.29. The van der Waals surface area contributed by atoms with E-state index in [-0.39, 0.29) is 24.3 Å². The molecule has 1 aliphatic heterocycles. The van der Waals surface area contributed by atoms with Crippen molar-refractivity contribution in [3.63, 3.8) is 0 Å². The zero-order chi connectivity index (χ0) is 26.2. The van der Waals surface area contributed by atoms with Crippen molar-refractivity contribution >= 4 is 23.4 Å². The number of carbonyl (C=O) groups is 3.